The Morgan fingerprint density at radius 1 is 0.748 bits per heavy atom. The van der Waals surface area contributed by atoms with Crippen LogP contribution in [0.5, 0.6) is 0 Å². The standard InChI is InChI=1S/C84H118N10O21/c1-7-13-74-114-70-50-65-63-24-21-59-49-61(95)27-29-82(59,4)75(63)68(97)51-83(65,5)84(70,115-74)69(98)54-113-81(104)112-53-56-19-22-60(23-20-56)89-79(102)57(15-12-30-88-80(85)103)48-67(96)76(55(2)3)90-72(100)28-34-105-38-42-109-46-47-111-44-40-107-36-32-87-71(99)25-26-73(101)93-52-58-14-8-9-16-62(58)77-78(64-17-10-11-18-66(64)93)94(92-91-77)33-37-108-41-45-110-43-39-106-35-31-86-6/h8-11,14,16-20,22-23,27,29,49,55,57,63,65,68,70,74-76,86,91-92,97H,7,12-13,15,21,24-26,28,30-48,50-54H2,1-6H3,(H,87,99)(H,89,102)(H,90,100)(H3,85,88,103)/t57-,63+,65+,68+,70-,74?,75-,76+,82+,83+,84-/m1/s1. The fourth-order valence-electron chi connectivity index (χ4n) is 17.3. The normalized spacial score (nSPS) is 23.5. The maximum Gasteiger partial charge on any atom is 0.509 e. The highest BCUT2D eigenvalue weighted by molar-refractivity contribution is 6.03. The highest BCUT2D eigenvalue weighted by atomic mass is 16.8. The van der Waals surface area contributed by atoms with Crippen molar-refractivity contribution in [3.05, 3.63) is 119 Å². The van der Waals surface area contributed by atoms with E-state index >= 15 is 0 Å². The number of ketones is 3. The lowest BCUT2D eigenvalue weighted by Crippen LogP contribution is -2.63. The molecule has 4 fully saturated rings. The van der Waals surface area contributed by atoms with Crippen molar-refractivity contribution in [2.75, 3.05) is 143 Å². The predicted molar refractivity (Wildman–Crippen MR) is 424 cm³/mol. The van der Waals surface area contributed by atoms with E-state index in [4.69, 9.17) is 57.8 Å². The number of nitrogens with zero attached hydrogens (tertiary/aromatic N) is 2. The van der Waals surface area contributed by atoms with E-state index < -0.39 is 83.3 Å². The molecule has 10 rings (SSSR count). The van der Waals surface area contributed by atoms with Crippen LogP contribution in [0.3, 0.4) is 0 Å². The number of aliphatic hydroxyl groups excluding tert-OH is 1. The summed E-state index contributed by atoms with van der Waals surface area (Å²) in [4.78, 5) is 122. The molecule has 1 unspecified atom stereocenters. The quantitative estimate of drug-likeness (QED) is 0.0215. The number of aliphatic hydroxyl groups is 1. The van der Waals surface area contributed by atoms with Gasteiger partial charge in [0.2, 0.25) is 29.4 Å². The molecule has 3 saturated carbocycles. The van der Waals surface area contributed by atoms with E-state index in [1.165, 1.54) is 0 Å². The van der Waals surface area contributed by atoms with Crippen molar-refractivity contribution in [1.29, 1.82) is 0 Å². The molecule has 0 aromatic heterocycles. The highest BCUT2D eigenvalue weighted by Gasteiger charge is 2.76. The topological polar surface area (TPSA) is 392 Å². The smallest absolute Gasteiger partial charge is 0.429 e. The number of likely N-dealkylation sites (N-methyl/N-ethyl adjacent to an activating group) is 1. The number of nitrogens with two attached hydrogens (primary N) is 1. The van der Waals surface area contributed by atoms with Crippen LogP contribution >= 0.6 is 0 Å². The van der Waals surface area contributed by atoms with Crippen LogP contribution in [-0.4, -0.2) is 226 Å². The Balaban J connectivity index is 0.577. The van der Waals surface area contributed by atoms with E-state index in [1.807, 2.05) is 80.5 Å². The first-order valence-electron chi connectivity index (χ1n) is 40.6. The number of nitrogens with one attached hydrogen (secondary N) is 7. The number of hydrogen-bond acceptors (Lipinski definition) is 25. The summed E-state index contributed by atoms with van der Waals surface area (Å²) in [7, 11) is 1.88. The van der Waals surface area contributed by atoms with Crippen molar-refractivity contribution in [2.24, 2.45) is 46.2 Å². The average molecular weight is 1600 g/mol. The van der Waals surface area contributed by atoms with Gasteiger partial charge in [-0.25, -0.2) is 9.59 Å². The van der Waals surface area contributed by atoms with Gasteiger partial charge in [0.05, 0.1) is 141 Å². The second kappa shape index (κ2) is 43.6. The van der Waals surface area contributed by atoms with Gasteiger partial charge in [-0.15, -0.1) is 5.53 Å². The lowest BCUT2D eigenvalue weighted by molar-refractivity contribution is -0.200. The van der Waals surface area contributed by atoms with E-state index in [1.54, 1.807) is 55.2 Å². The Labute approximate surface area is 673 Å². The van der Waals surface area contributed by atoms with Crippen LogP contribution in [0.25, 0.3) is 11.4 Å². The van der Waals surface area contributed by atoms with Crippen molar-refractivity contribution in [2.45, 2.75) is 155 Å². The average Bonchev–Trinajstić information content (AvgIpc) is 1.52. The number of anilines is 2. The van der Waals surface area contributed by atoms with E-state index in [0.717, 1.165) is 58.7 Å². The minimum absolute atomic E-state index is 0.00806. The number of fused-ring (bicyclic) bond motifs is 11. The van der Waals surface area contributed by atoms with Crippen LogP contribution in [0.2, 0.25) is 0 Å². The zero-order chi connectivity index (χ0) is 81.9. The number of para-hydroxylation sites is 1. The van der Waals surface area contributed by atoms with Crippen LogP contribution < -0.4 is 48.2 Å². The van der Waals surface area contributed by atoms with Crippen molar-refractivity contribution in [3.63, 3.8) is 0 Å². The number of rotatable bonds is 48. The molecule has 115 heavy (non-hydrogen) atoms. The van der Waals surface area contributed by atoms with Crippen LogP contribution in [0.15, 0.2) is 96.6 Å². The summed E-state index contributed by atoms with van der Waals surface area (Å²) in [6, 6.07) is 20.5. The monoisotopic (exact) mass is 1600 g/mol. The number of hydrazine groups is 2. The summed E-state index contributed by atoms with van der Waals surface area (Å²) >= 11 is 0. The summed E-state index contributed by atoms with van der Waals surface area (Å²) < 4.78 is 63.8. The minimum atomic E-state index is -1.49. The lowest BCUT2D eigenvalue weighted by Gasteiger charge is -2.59. The molecule has 630 valence electrons. The van der Waals surface area contributed by atoms with Crippen molar-refractivity contribution < 1.29 is 100 Å². The zero-order valence-corrected chi connectivity index (χ0v) is 67.3. The second-order valence-electron chi connectivity index (χ2n) is 30.9. The first kappa shape index (κ1) is 88.8. The third-order valence-electron chi connectivity index (χ3n) is 22.9. The number of benzene rings is 3. The Kier molecular flexibility index (Phi) is 33.6. The van der Waals surface area contributed by atoms with Gasteiger partial charge in [0.25, 0.3) is 0 Å². The maximum absolute atomic E-state index is 14.7. The molecule has 1 saturated heterocycles. The van der Waals surface area contributed by atoms with Crippen molar-refractivity contribution >= 4 is 75.9 Å². The maximum atomic E-state index is 14.7. The molecule has 3 aromatic rings. The third-order valence-corrected chi connectivity index (χ3v) is 22.9. The number of hydrogen-bond donors (Lipinski definition) is 9. The van der Waals surface area contributed by atoms with Gasteiger partial charge >= 0.3 is 12.2 Å². The SMILES string of the molecule is CCCC1O[C@@H]2C[C@H]3[C@@H]4CCC5=CC(=O)C=C[C@]5(C)[C@H]4[C@@H](O)C[C@]3(C)[C@]2(C(=O)COC(=O)OCc2ccc(NC(=O)[C@H](CCCNC(N)=O)CC(=O)[C@@H](NC(=O)CCOCCOCCOCCOCCNC(=O)CCC(=O)N3Cc4ccccc4C4=C(c5ccccc53)N(CCOCCOCCOCCNC)NN4)C(C)C)cc2)O1. The van der Waals surface area contributed by atoms with Gasteiger partial charge in [-0.3, -0.25) is 38.6 Å². The summed E-state index contributed by atoms with van der Waals surface area (Å²) in [5, 5.41) is 28.2. The highest BCUT2D eigenvalue weighted by Crippen LogP contribution is 2.70. The summed E-state index contributed by atoms with van der Waals surface area (Å²) in [5.74, 6) is -3.66. The number of ether oxygens (including phenoxy) is 11. The number of carbonyl (C=O) groups excluding carboxylic acids is 9. The molecular formula is C84H118N10O21. The molecular weight excluding hydrogens is 1480 g/mol. The third kappa shape index (κ3) is 23.2. The zero-order valence-electron chi connectivity index (χ0n) is 67.3. The van der Waals surface area contributed by atoms with E-state index in [-0.39, 0.29) is 145 Å². The molecule has 0 spiro atoms. The molecule has 0 radical (unpaired) electrons. The molecule has 31 heteroatoms. The number of amides is 6. The van der Waals surface area contributed by atoms with E-state index in [9.17, 15) is 48.3 Å². The van der Waals surface area contributed by atoms with Crippen LogP contribution in [0.1, 0.15) is 134 Å². The molecule has 10 N–H and O–H groups in total. The Morgan fingerprint density at radius 3 is 2.10 bits per heavy atom. The van der Waals surface area contributed by atoms with Gasteiger partial charge in [-0.1, -0.05) is 107 Å². The summed E-state index contributed by atoms with van der Waals surface area (Å²) in [6.07, 6.45) is 5.81. The molecule has 3 aromatic carbocycles. The summed E-state index contributed by atoms with van der Waals surface area (Å²) in [5.41, 5.74) is 16.3. The molecule has 0 bridgehead atoms. The van der Waals surface area contributed by atoms with E-state index in [0.29, 0.717) is 103 Å². The number of carbonyl (C=O) groups is 9. The van der Waals surface area contributed by atoms with Crippen LogP contribution in [-0.2, 0) is 98.8 Å². The van der Waals surface area contributed by atoms with Gasteiger partial charge in [0, 0.05) is 84.8 Å². The Hall–Kier alpha value is -8.57. The van der Waals surface area contributed by atoms with Crippen LogP contribution in [0.4, 0.5) is 21.0 Å². The largest absolute Gasteiger partial charge is 0.509 e. The summed E-state index contributed by atoms with van der Waals surface area (Å²) in [6.45, 7) is 15.6. The fraction of sp³-hybridized carbons (Fsp3) is 0.607. The molecule has 3 heterocycles. The Morgan fingerprint density at radius 2 is 1.41 bits per heavy atom. The van der Waals surface area contributed by atoms with Crippen molar-refractivity contribution in [3.8, 4) is 0 Å². The Bertz CT molecular complexity index is 3900. The first-order chi connectivity index (χ1) is 55.6. The molecule has 3 aliphatic heterocycles. The van der Waals surface area contributed by atoms with Gasteiger partial charge in [0.15, 0.2) is 30.1 Å². The van der Waals surface area contributed by atoms with Gasteiger partial charge in [0.1, 0.15) is 6.61 Å². The predicted octanol–water partition coefficient (Wildman–Crippen LogP) is 6.50. The fourth-order valence-corrected chi connectivity index (χ4v) is 17.3. The molecule has 11 atom stereocenters. The van der Waals surface area contributed by atoms with Gasteiger partial charge in [-0.05, 0) is 111 Å². The molecule has 4 aliphatic carbocycles. The van der Waals surface area contributed by atoms with Crippen LogP contribution in [0, 0.1) is 40.4 Å². The first-order valence-corrected chi connectivity index (χ1v) is 40.6. The second-order valence-corrected chi connectivity index (χ2v) is 30.9. The lowest BCUT2D eigenvalue weighted by atomic mass is 9.46. The molecule has 6 amide bonds. The van der Waals surface area contributed by atoms with Gasteiger partial charge in [-0.2, -0.15) is 0 Å². The molecule has 7 aliphatic rings. The minimum Gasteiger partial charge on any atom is -0.429 e. The van der Waals surface area contributed by atoms with E-state index in [2.05, 4.69) is 44.5 Å². The number of urea groups is 1. The number of primary amides is 1. The molecule has 31 nitrogen and oxygen atoms in total. The number of allylic oxidation sites excluding steroid dienone is 4. The van der Waals surface area contributed by atoms with Gasteiger partial charge < -0.3 is 99.9 Å². The number of Topliss-reactive ketones (excluding diaryl/α,β-unsaturated/α-hetero) is 2. The van der Waals surface area contributed by atoms with Crippen molar-refractivity contribution in [1.82, 2.24) is 37.2 Å².